The first kappa shape index (κ1) is 27.7. The molecule has 0 saturated heterocycles. The van der Waals surface area contributed by atoms with Crippen molar-refractivity contribution in [3.05, 3.63) is 64.7 Å². The summed E-state index contributed by atoms with van der Waals surface area (Å²) < 4.78 is 78.9. The van der Waals surface area contributed by atoms with Gasteiger partial charge in [0.25, 0.3) is 15.9 Å². The van der Waals surface area contributed by atoms with Crippen molar-refractivity contribution >= 4 is 44.1 Å². The van der Waals surface area contributed by atoms with Gasteiger partial charge in [-0.15, -0.1) is 0 Å². The van der Waals surface area contributed by atoms with E-state index in [4.69, 9.17) is 16.3 Å². The second-order valence-electron chi connectivity index (χ2n) is 9.11. The monoisotopic (exact) mass is 595 g/mol. The van der Waals surface area contributed by atoms with Gasteiger partial charge in [0.05, 0.1) is 29.5 Å². The van der Waals surface area contributed by atoms with E-state index >= 15 is 8.78 Å². The molecule has 1 aliphatic carbocycles. The maximum Gasteiger partial charge on any atom is 0.272 e. The number of pyridine rings is 1. The number of aliphatic hydroxyl groups is 1. The number of ether oxygens (including phenoxy) is 1. The first-order chi connectivity index (χ1) is 19.0. The summed E-state index contributed by atoms with van der Waals surface area (Å²) in [7, 11) is -3.36. The van der Waals surface area contributed by atoms with Gasteiger partial charge in [0.2, 0.25) is 5.88 Å². The Bertz CT molecular complexity index is 1750. The van der Waals surface area contributed by atoms with Gasteiger partial charge in [-0.05, 0) is 43.5 Å². The summed E-state index contributed by atoms with van der Waals surface area (Å²) in [5.41, 5.74) is -2.49. The van der Waals surface area contributed by atoms with E-state index in [9.17, 15) is 22.7 Å². The lowest BCUT2D eigenvalue weighted by Crippen LogP contribution is -2.33. The lowest BCUT2D eigenvalue weighted by molar-refractivity contribution is 0.0930. The molecule has 10 nitrogen and oxygen atoms in total. The number of fused-ring (bicyclic) bond motifs is 1. The number of sulfonamides is 1. The van der Waals surface area contributed by atoms with Gasteiger partial charge in [-0.3, -0.25) is 14.6 Å². The first-order valence-electron chi connectivity index (χ1n) is 11.9. The third-order valence-corrected chi connectivity index (χ3v) is 8.07. The Labute approximate surface area is 230 Å². The Balaban J connectivity index is 1.50. The predicted octanol–water partition coefficient (Wildman–Crippen LogP) is 4.15. The molecule has 210 valence electrons. The largest absolute Gasteiger partial charge is 0.480 e. The molecule has 1 aliphatic rings. The number of nitrogens with zero attached hydrogens (tertiary/aromatic N) is 2. The molecule has 1 amide bonds. The zero-order chi connectivity index (χ0) is 28.8. The average molecular weight is 596 g/mol. The summed E-state index contributed by atoms with van der Waals surface area (Å²) in [6.45, 7) is 0. The number of hydrogen-bond donors (Lipinski definition) is 4. The van der Waals surface area contributed by atoms with Crippen LogP contribution in [0.4, 0.5) is 18.9 Å². The molecule has 4 N–H and O–H groups in total. The minimum absolute atomic E-state index is 0.0368. The molecule has 2 atom stereocenters. The number of aromatic amines is 1. The molecule has 40 heavy (non-hydrogen) atoms. The van der Waals surface area contributed by atoms with Crippen LogP contribution in [0.15, 0.2) is 41.4 Å². The van der Waals surface area contributed by atoms with E-state index in [1.165, 1.54) is 13.2 Å². The fraction of sp³-hybridized carbons (Fsp3) is 0.240. The van der Waals surface area contributed by atoms with E-state index in [1.54, 1.807) is 0 Å². The number of rotatable bonds is 7. The van der Waals surface area contributed by atoms with Gasteiger partial charge in [0, 0.05) is 23.2 Å². The highest BCUT2D eigenvalue weighted by Crippen LogP contribution is 2.36. The maximum atomic E-state index is 15.6. The first-order valence-corrected chi connectivity index (χ1v) is 13.7. The van der Waals surface area contributed by atoms with Crippen molar-refractivity contribution < 1.29 is 36.2 Å². The molecule has 1 fully saturated rings. The fourth-order valence-electron chi connectivity index (χ4n) is 4.60. The van der Waals surface area contributed by atoms with Gasteiger partial charge in [0.1, 0.15) is 11.3 Å². The van der Waals surface area contributed by atoms with E-state index in [0.29, 0.717) is 19.3 Å². The van der Waals surface area contributed by atoms with Crippen molar-refractivity contribution in [2.75, 3.05) is 11.8 Å². The number of aromatic nitrogens is 3. The molecule has 2 unspecified atom stereocenters. The summed E-state index contributed by atoms with van der Waals surface area (Å²) >= 11 is 5.86. The minimum Gasteiger partial charge on any atom is -0.480 e. The molecule has 5 rings (SSSR count). The van der Waals surface area contributed by atoms with Gasteiger partial charge < -0.3 is 15.2 Å². The van der Waals surface area contributed by atoms with Crippen molar-refractivity contribution in [1.82, 2.24) is 20.5 Å². The number of anilines is 1. The van der Waals surface area contributed by atoms with Crippen LogP contribution in [0.5, 0.6) is 5.88 Å². The van der Waals surface area contributed by atoms with Gasteiger partial charge >= 0.3 is 0 Å². The molecule has 15 heteroatoms. The number of benzene rings is 2. The number of halogens is 4. The predicted molar refractivity (Wildman–Crippen MR) is 139 cm³/mol. The highest BCUT2D eigenvalue weighted by molar-refractivity contribution is 7.92. The zero-order valence-electron chi connectivity index (χ0n) is 20.6. The van der Waals surface area contributed by atoms with Crippen LogP contribution in [0, 0.1) is 17.5 Å². The zero-order valence-corrected chi connectivity index (χ0v) is 22.2. The number of aliphatic hydroxyl groups excluding tert-OH is 1. The number of methoxy groups -OCH3 is 1. The topological polar surface area (TPSA) is 146 Å². The second-order valence-corrected chi connectivity index (χ2v) is 11.2. The maximum absolute atomic E-state index is 15.6. The highest BCUT2D eigenvalue weighted by Gasteiger charge is 2.29. The van der Waals surface area contributed by atoms with Crippen molar-refractivity contribution in [3.63, 3.8) is 0 Å². The summed E-state index contributed by atoms with van der Waals surface area (Å²) in [6.07, 6.45) is 2.13. The van der Waals surface area contributed by atoms with Crippen molar-refractivity contribution in [3.8, 4) is 17.0 Å². The second kappa shape index (κ2) is 10.6. The third-order valence-electron chi connectivity index (χ3n) is 6.50. The molecule has 1 saturated carbocycles. The van der Waals surface area contributed by atoms with E-state index in [-0.39, 0.29) is 33.5 Å². The molecular weight excluding hydrogens is 575 g/mol. The minimum atomic E-state index is -4.53. The van der Waals surface area contributed by atoms with Gasteiger partial charge in [-0.2, -0.15) is 5.10 Å². The molecule has 2 aromatic heterocycles. The van der Waals surface area contributed by atoms with Crippen LogP contribution in [0.3, 0.4) is 0 Å². The molecule has 0 spiro atoms. The van der Waals surface area contributed by atoms with E-state index < -0.39 is 61.2 Å². The van der Waals surface area contributed by atoms with E-state index in [1.807, 2.05) is 4.72 Å². The van der Waals surface area contributed by atoms with Crippen molar-refractivity contribution in [2.45, 2.75) is 36.3 Å². The molecule has 0 bridgehead atoms. The summed E-state index contributed by atoms with van der Waals surface area (Å²) in [6, 6.07) is 4.71. The smallest absolute Gasteiger partial charge is 0.272 e. The number of hydrogen-bond acceptors (Lipinski definition) is 7. The summed E-state index contributed by atoms with van der Waals surface area (Å²) in [5, 5.41) is 18.7. The molecule has 0 aliphatic heterocycles. The quantitative estimate of drug-likeness (QED) is 0.251. The van der Waals surface area contributed by atoms with Crippen LogP contribution < -0.4 is 14.8 Å². The Morgan fingerprint density at radius 1 is 1.18 bits per heavy atom. The number of H-pyrrole nitrogens is 1. The third kappa shape index (κ3) is 5.05. The van der Waals surface area contributed by atoms with Crippen LogP contribution in [0.2, 0.25) is 5.02 Å². The van der Waals surface area contributed by atoms with Gasteiger partial charge in [-0.25, -0.2) is 26.6 Å². The number of carbonyl (C=O) groups excluding carboxylic acids is 1. The van der Waals surface area contributed by atoms with Crippen LogP contribution in [-0.2, 0) is 10.0 Å². The van der Waals surface area contributed by atoms with Crippen LogP contribution in [0.25, 0.3) is 22.0 Å². The Morgan fingerprint density at radius 3 is 2.65 bits per heavy atom. The number of carbonyl (C=O) groups is 1. The lowest BCUT2D eigenvalue weighted by Gasteiger charge is -2.14. The number of nitrogens with one attached hydrogen (secondary N) is 3. The molecular formula is C25H21ClF3N5O5S. The molecule has 4 aromatic rings. The standard InChI is InChI=1S/C25H21ClF3N5O5S/c1-39-25-18(8-11(26)10-30-25)40(37,38)34-17-7-6-16(27)19(21(17)29)14-4-5-15-22(20(14)28)32-33-23(15)24(36)31-12-2-3-13(35)9-12/h4-8,10,12-13,34-35H,2-3,9H2,1H3,(H,31,36)(H,32,33). The van der Waals surface area contributed by atoms with Crippen molar-refractivity contribution in [1.29, 1.82) is 0 Å². The van der Waals surface area contributed by atoms with Crippen molar-refractivity contribution in [2.24, 2.45) is 0 Å². The Kier molecular flexibility index (Phi) is 7.33. The highest BCUT2D eigenvalue weighted by atomic mass is 35.5. The summed E-state index contributed by atoms with van der Waals surface area (Å²) in [4.78, 5) is 16.0. The van der Waals surface area contributed by atoms with Crippen LogP contribution in [-0.4, -0.2) is 53.9 Å². The molecule has 2 heterocycles. The normalized spacial score (nSPS) is 17.2. The number of amides is 1. The van der Waals surface area contributed by atoms with E-state index in [0.717, 1.165) is 30.5 Å². The SMILES string of the molecule is COc1ncc(Cl)cc1S(=O)(=O)Nc1ccc(F)c(-c2ccc3c(C(=O)NC4CCC(O)C4)n[nH]c3c2F)c1F. The molecule has 2 aromatic carbocycles. The van der Waals surface area contributed by atoms with Gasteiger partial charge in [-0.1, -0.05) is 17.7 Å². The Morgan fingerprint density at radius 2 is 1.95 bits per heavy atom. The average Bonchev–Trinajstić information content (AvgIpc) is 3.53. The summed E-state index contributed by atoms with van der Waals surface area (Å²) in [5.74, 6) is -4.60. The van der Waals surface area contributed by atoms with Crippen LogP contribution >= 0.6 is 11.6 Å². The van der Waals surface area contributed by atoms with E-state index in [2.05, 4.69) is 20.5 Å². The fourth-order valence-corrected chi connectivity index (χ4v) is 6.02. The lowest BCUT2D eigenvalue weighted by atomic mass is 10.0. The van der Waals surface area contributed by atoms with Crippen LogP contribution in [0.1, 0.15) is 29.8 Å². The molecule has 0 radical (unpaired) electrons. The van der Waals surface area contributed by atoms with Gasteiger partial charge in [0.15, 0.2) is 22.2 Å². The Hall–Kier alpha value is -3.88.